The zero-order valence-electron chi connectivity index (χ0n) is 12.0. The van der Waals surface area contributed by atoms with Gasteiger partial charge in [0, 0.05) is 12.8 Å². The molecule has 2 nitrogen and oxygen atoms in total. The van der Waals surface area contributed by atoms with Gasteiger partial charge in [0.05, 0.1) is 0 Å². The summed E-state index contributed by atoms with van der Waals surface area (Å²) >= 11 is 0. The van der Waals surface area contributed by atoms with Crippen LogP contribution in [-0.2, 0) is 4.52 Å². The summed E-state index contributed by atoms with van der Waals surface area (Å²) in [5.41, 5.74) is 0.553. The smallest absolute Gasteiger partial charge is 0.117 e. The van der Waals surface area contributed by atoms with E-state index in [-0.39, 0.29) is 16.5 Å². The zero-order valence-corrected chi connectivity index (χ0v) is 12.9. The van der Waals surface area contributed by atoms with Gasteiger partial charge in [-0.05, 0) is 23.7 Å². The second kappa shape index (κ2) is 5.25. The third kappa shape index (κ3) is 6.73. The van der Waals surface area contributed by atoms with Crippen LogP contribution in [0.4, 0.5) is 0 Å². The molecule has 0 spiro atoms. The van der Waals surface area contributed by atoms with Gasteiger partial charge in [0.15, 0.2) is 0 Å². The Morgan fingerprint density at radius 2 is 1.38 bits per heavy atom. The van der Waals surface area contributed by atoms with Crippen LogP contribution >= 0.6 is 7.34 Å². The molecular formula is C13H29O2P. The van der Waals surface area contributed by atoms with E-state index in [0.29, 0.717) is 0 Å². The van der Waals surface area contributed by atoms with Crippen molar-refractivity contribution in [2.75, 3.05) is 7.11 Å². The first-order chi connectivity index (χ1) is 6.87. The molecule has 98 valence electrons. The van der Waals surface area contributed by atoms with Gasteiger partial charge < -0.3 is 9.42 Å². The first-order valence-corrected chi connectivity index (χ1v) is 7.80. The van der Waals surface area contributed by atoms with E-state index in [2.05, 4.69) is 47.8 Å². The van der Waals surface area contributed by atoms with Crippen LogP contribution in [0.15, 0.2) is 0 Å². The van der Waals surface area contributed by atoms with E-state index >= 15 is 0 Å². The molecule has 1 unspecified atom stereocenters. The molecule has 0 aromatic carbocycles. The fraction of sp³-hybridized carbons (Fsp3) is 0.923. The highest BCUT2D eigenvalue weighted by molar-refractivity contribution is 7.64. The fourth-order valence-corrected chi connectivity index (χ4v) is 3.88. The Balaban J connectivity index is 4.86. The minimum Gasteiger partial charge on any atom is -0.353 e. The molecule has 1 atom stereocenters. The van der Waals surface area contributed by atoms with Crippen molar-refractivity contribution in [2.45, 2.75) is 60.0 Å². The Hall–Kier alpha value is 0.220. The average molecular weight is 248 g/mol. The second-order valence-electron chi connectivity index (χ2n) is 7.12. The van der Waals surface area contributed by atoms with Crippen molar-refractivity contribution in [1.29, 1.82) is 0 Å². The minimum atomic E-state index is -2.48. The van der Waals surface area contributed by atoms with Crippen molar-refractivity contribution in [1.82, 2.24) is 0 Å². The molecule has 1 N–H and O–H groups in total. The van der Waals surface area contributed by atoms with Crippen molar-refractivity contribution >= 4 is 13.6 Å². The Morgan fingerprint density at radius 3 is 1.56 bits per heavy atom. The van der Waals surface area contributed by atoms with Gasteiger partial charge in [0.2, 0.25) is 0 Å². The van der Waals surface area contributed by atoms with E-state index in [4.69, 9.17) is 4.52 Å². The van der Waals surface area contributed by atoms with Gasteiger partial charge in [0.25, 0.3) is 0 Å². The summed E-state index contributed by atoms with van der Waals surface area (Å²) < 4.78 is 5.25. The average Bonchev–Trinajstić information content (AvgIpc) is 1.97. The molecule has 16 heavy (non-hydrogen) atoms. The van der Waals surface area contributed by atoms with Crippen LogP contribution in [0.5, 0.6) is 0 Å². The minimum absolute atomic E-state index is 0.164. The van der Waals surface area contributed by atoms with Crippen LogP contribution in [0.1, 0.15) is 54.4 Å². The summed E-state index contributed by atoms with van der Waals surface area (Å²) in [6, 6.07) is 0. The predicted molar refractivity (Wildman–Crippen MR) is 75.2 cm³/mol. The Bertz CT molecular complexity index is 242. The second-order valence-corrected chi connectivity index (χ2v) is 9.73. The van der Waals surface area contributed by atoms with E-state index in [9.17, 15) is 4.89 Å². The van der Waals surface area contributed by atoms with Gasteiger partial charge >= 0.3 is 0 Å². The molecule has 0 aromatic rings. The third-order valence-corrected chi connectivity index (χ3v) is 4.72. The van der Waals surface area contributed by atoms with E-state index < -0.39 is 7.34 Å². The molecule has 0 aromatic heterocycles. The topological polar surface area (TPSA) is 29.5 Å². The van der Waals surface area contributed by atoms with Crippen LogP contribution in [0.2, 0.25) is 0 Å². The maximum atomic E-state index is 10.3. The third-order valence-electron chi connectivity index (χ3n) is 2.58. The lowest BCUT2D eigenvalue weighted by Crippen LogP contribution is -2.24. The molecule has 0 aliphatic rings. The van der Waals surface area contributed by atoms with Gasteiger partial charge in [-0.3, -0.25) is 0 Å². The summed E-state index contributed by atoms with van der Waals surface area (Å²) in [5, 5.41) is 0. The SMILES string of the molecule is C=P(O)(OC)C(CC(C)(C)C)CC(C)(C)C. The number of hydrogen-bond donors (Lipinski definition) is 1. The highest BCUT2D eigenvalue weighted by atomic mass is 31.2. The van der Waals surface area contributed by atoms with Crippen molar-refractivity contribution < 1.29 is 9.42 Å². The maximum Gasteiger partial charge on any atom is 0.117 e. The lowest BCUT2D eigenvalue weighted by molar-refractivity contribution is 0.277. The molecule has 0 bridgehead atoms. The largest absolute Gasteiger partial charge is 0.353 e. The lowest BCUT2D eigenvalue weighted by atomic mass is 9.83. The van der Waals surface area contributed by atoms with Crippen molar-refractivity contribution in [2.24, 2.45) is 10.8 Å². The molecule has 0 amide bonds. The van der Waals surface area contributed by atoms with Crippen LogP contribution in [0.25, 0.3) is 0 Å². The van der Waals surface area contributed by atoms with Crippen molar-refractivity contribution in [3.8, 4) is 0 Å². The Kier molecular flexibility index (Phi) is 5.32. The van der Waals surface area contributed by atoms with Crippen LogP contribution in [0, 0.1) is 10.8 Å². The molecule has 0 saturated carbocycles. The van der Waals surface area contributed by atoms with E-state index in [1.54, 1.807) is 7.11 Å². The first-order valence-electron chi connectivity index (χ1n) is 5.89. The predicted octanol–water partition coefficient (Wildman–Crippen LogP) is 4.15. The molecule has 0 heterocycles. The molecule has 0 aliphatic carbocycles. The summed E-state index contributed by atoms with van der Waals surface area (Å²) in [7, 11) is -0.908. The summed E-state index contributed by atoms with van der Waals surface area (Å²) in [4.78, 5) is 10.3. The molecule has 0 fully saturated rings. The van der Waals surface area contributed by atoms with Crippen LogP contribution in [-0.4, -0.2) is 24.0 Å². The Morgan fingerprint density at radius 1 is 1.06 bits per heavy atom. The molecule has 0 rings (SSSR count). The number of hydrogen-bond acceptors (Lipinski definition) is 2. The van der Waals surface area contributed by atoms with Gasteiger partial charge in [0.1, 0.15) is 7.34 Å². The van der Waals surface area contributed by atoms with Gasteiger partial charge in [-0.1, -0.05) is 47.8 Å². The first kappa shape index (κ1) is 16.2. The van der Waals surface area contributed by atoms with E-state index in [0.717, 1.165) is 12.8 Å². The van der Waals surface area contributed by atoms with E-state index in [1.807, 2.05) is 0 Å². The summed E-state index contributed by atoms with van der Waals surface area (Å²) in [6.45, 7) is 13.2. The van der Waals surface area contributed by atoms with Crippen molar-refractivity contribution in [3.05, 3.63) is 0 Å². The highest BCUT2D eigenvalue weighted by Gasteiger charge is 2.32. The Labute approximate surface area is 102 Å². The van der Waals surface area contributed by atoms with Gasteiger partial charge in [-0.25, -0.2) is 0 Å². The summed E-state index contributed by atoms with van der Waals surface area (Å²) in [6.07, 6.45) is 5.80. The van der Waals surface area contributed by atoms with Gasteiger partial charge in [-0.2, -0.15) is 0 Å². The zero-order chi connectivity index (χ0) is 13.2. The van der Waals surface area contributed by atoms with Crippen LogP contribution < -0.4 is 0 Å². The molecular weight excluding hydrogens is 219 g/mol. The fourth-order valence-electron chi connectivity index (χ4n) is 1.92. The molecule has 0 radical (unpaired) electrons. The quantitative estimate of drug-likeness (QED) is 0.757. The molecule has 0 saturated heterocycles. The lowest BCUT2D eigenvalue weighted by Gasteiger charge is -2.36. The van der Waals surface area contributed by atoms with E-state index in [1.165, 1.54) is 0 Å². The van der Waals surface area contributed by atoms with Gasteiger partial charge in [-0.15, -0.1) is 0 Å². The van der Waals surface area contributed by atoms with Crippen LogP contribution in [0.3, 0.4) is 0 Å². The molecule has 3 heteroatoms. The number of rotatable bonds is 4. The monoisotopic (exact) mass is 248 g/mol. The standard InChI is InChI=1S/C13H29O2P/c1-12(2,3)9-11(10-13(4,5)6)16(8,14)15-7/h11,14H,8-10H2,1-7H3. The maximum absolute atomic E-state index is 10.3. The van der Waals surface area contributed by atoms with Crippen molar-refractivity contribution in [3.63, 3.8) is 0 Å². The highest BCUT2D eigenvalue weighted by Crippen LogP contribution is 2.53. The summed E-state index contributed by atoms with van der Waals surface area (Å²) in [5.74, 6) is 0. The molecule has 0 aliphatic heterocycles. The normalized spacial score (nSPS) is 17.6.